The molecule has 0 aliphatic heterocycles. The second kappa shape index (κ2) is 8.48. The number of nitrogens with zero attached hydrogens (tertiary/aromatic N) is 2. The van der Waals surface area contributed by atoms with Crippen molar-refractivity contribution >= 4 is 23.2 Å². The van der Waals surface area contributed by atoms with Gasteiger partial charge in [-0.05, 0) is 37.6 Å². The summed E-state index contributed by atoms with van der Waals surface area (Å²) < 4.78 is 5.58. The molecule has 0 aliphatic rings. The molecule has 0 heterocycles. The van der Waals surface area contributed by atoms with Gasteiger partial charge in [0.15, 0.2) is 0 Å². The average Bonchev–Trinajstić information content (AvgIpc) is 2.58. The Hall–Kier alpha value is -2.60. The molecule has 0 fully saturated rings. The van der Waals surface area contributed by atoms with Crippen molar-refractivity contribution in [3.63, 3.8) is 0 Å². The lowest BCUT2D eigenvalue weighted by atomic mass is 10.1. The highest BCUT2D eigenvalue weighted by molar-refractivity contribution is 6.30. The van der Waals surface area contributed by atoms with Crippen LogP contribution in [0.15, 0.2) is 42.5 Å². The number of benzene rings is 2. The molecule has 0 N–H and O–H groups in total. The Bertz CT molecular complexity index is 779. The third kappa shape index (κ3) is 5.19. The Kier molecular flexibility index (Phi) is 6.36. The van der Waals surface area contributed by atoms with E-state index in [9.17, 15) is 14.9 Å². The Balaban J connectivity index is 1.88. The fourth-order valence-electron chi connectivity index (χ4n) is 2.31. The van der Waals surface area contributed by atoms with E-state index >= 15 is 0 Å². The van der Waals surface area contributed by atoms with Gasteiger partial charge in [-0.1, -0.05) is 23.7 Å². The summed E-state index contributed by atoms with van der Waals surface area (Å²) in [5.74, 6) is 0.418. The predicted molar refractivity (Wildman–Crippen MR) is 96.4 cm³/mol. The fraction of sp³-hybridized carbons (Fsp3) is 0.278. The van der Waals surface area contributed by atoms with Gasteiger partial charge in [-0.15, -0.1) is 0 Å². The molecule has 0 saturated carbocycles. The number of nitro groups is 1. The molecule has 25 heavy (non-hydrogen) atoms. The van der Waals surface area contributed by atoms with Crippen LogP contribution in [0.5, 0.6) is 5.75 Å². The smallest absolute Gasteiger partial charge is 0.273 e. The van der Waals surface area contributed by atoms with Crippen LogP contribution in [-0.2, 0) is 0 Å². The van der Waals surface area contributed by atoms with E-state index in [-0.39, 0.29) is 11.6 Å². The van der Waals surface area contributed by atoms with Crippen LogP contribution in [0.25, 0.3) is 0 Å². The molecule has 0 spiro atoms. The van der Waals surface area contributed by atoms with Gasteiger partial charge in [0.05, 0.1) is 11.5 Å². The topological polar surface area (TPSA) is 72.7 Å². The van der Waals surface area contributed by atoms with Gasteiger partial charge in [0.2, 0.25) is 0 Å². The zero-order valence-corrected chi connectivity index (χ0v) is 14.8. The molecule has 0 radical (unpaired) electrons. The van der Waals surface area contributed by atoms with Crippen molar-refractivity contribution in [1.29, 1.82) is 0 Å². The number of aryl methyl sites for hydroxylation is 1. The van der Waals surface area contributed by atoms with E-state index in [1.54, 1.807) is 44.3 Å². The highest BCUT2D eigenvalue weighted by Crippen LogP contribution is 2.20. The molecule has 0 bridgehead atoms. The molecule has 132 valence electrons. The predicted octanol–water partition coefficient (Wildman–Crippen LogP) is 4.10. The van der Waals surface area contributed by atoms with Gasteiger partial charge in [-0.3, -0.25) is 14.9 Å². The summed E-state index contributed by atoms with van der Waals surface area (Å²) in [6.07, 6.45) is 0.628. The molecule has 0 aliphatic carbocycles. The average molecular weight is 363 g/mol. The lowest BCUT2D eigenvalue weighted by Crippen LogP contribution is -2.28. The second-order valence-electron chi connectivity index (χ2n) is 5.64. The van der Waals surface area contributed by atoms with Crippen LogP contribution in [0.3, 0.4) is 0 Å². The molecule has 7 heteroatoms. The minimum atomic E-state index is -0.481. The molecule has 2 aromatic rings. The number of amides is 1. The fourth-order valence-corrected chi connectivity index (χ4v) is 2.49. The number of rotatable bonds is 7. The first kappa shape index (κ1) is 18.7. The van der Waals surface area contributed by atoms with Crippen LogP contribution < -0.4 is 4.74 Å². The summed E-state index contributed by atoms with van der Waals surface area (Å²) in [5.41, 5.74) is 0.776. The molecule has 0 saturated heterocycles. The van der Waals surface area contributed by atoms with Crippen molar-refractivity contribution in [2.24, 2.45) is 0 Å². The quantitative estimate of drug-likeness (QED) is 0.422. The molecule has 0 aromatic heterocycles. The highest BCUT2D eigenvalue weighted by atomic mass is 35.5. The van der Waals surface area contributed by atoms with Gasteiger partial charge in [0, 0.05) is 35.8 Å². The van der Waals surface area contributed by atoms with Gasteiger partial charge in [-0.2, -0.15) is 0 Å². The lowest BCUT2D eigenvalue weighted by Gasteiger charge is -2.17. The first-order chi connectivity index (χ1) is 11.9. The van der Waals surface area contributed by atoms with Gasteiger partial charge >= 0.3 is 0 Å². The number of nitro benzene ring substituents is 1. The van der Waals surface area contributed by atoms with Crippen LogP contribution in [0, 0.1) is 17.0 Å². The molecule has 0 unspecified atom stereocenters. The maximum Gasteiger partial charge on any atom is 0.273 e. The molecule has 2 aromatic carbocycles. The van der Waals surface area contributed by atoms with E-state index < -0.39 is 4.92 Å². The Morgan fingerprint density at radius 1 is 1.28 bits per heavy atom. The van der Waals surface area contributed by atoms with Crippen LogP contribution in [0.1, 0.15) is 22.3 Å². The first-order valence-corrected chi connectivity index (χ1v) is 8.15. The van der Waals surface area contributed by atoms with Crippen LogP contribution in [0.2, 0.25) is 5.02 Å². The zero-order valence-electron chi connectivity index (χ0n) is 14.1. The number of carbonyl (C=O) groups is 1. The number of halogens is 1. The maximum atomic E-state index is 12.4. The normalized spacial score (nSPS) is 10.4. The molecular weight excluding hydrogens is 344 g/mol. The summed E-state index contributed by atoms with van der Waals surface area (Å²) in [7, 11) is 1.66. The monoisotopic (exact) mass is 362 g/mol. The van der Waals surface area contributed by atoms with Crippen molar-refractivity contribution in [1.82, 2.24) is 4.90 Å². The minimum absolute atomic E-state index is 0.0523. The van der Waals surface area contributed by atoms with Crippen molar-refractivity contribution in [3.8, 4) is 5.75 Å². The summed E-state index contributed by atoms with van der Waals surface area (Å²) in [4.78, 5) is 24.4. The second-order valence-corrected chi connectivity index (χ2v) is 6.08. The maximum absolute atomic E-state index is 12.4. The van der Waals surface area contributed by atoms with Crippen LogP contribution in [0.4, 0.5) is 5.69 Å². The molecule has 6 nitrogen and oxygen atoms in total. The molecule has 0 atom stereocenters. The highest BCUT2D eigenvalue weighted by Gasteiger charge is 2.17. The zero-order chi connectivity index (χ0) is 18.4. The summed E-state index contributed by atoms with van der Waals surface area (Å²) in [5, 5.41) is 11.6. The molecule has 1 amide bonds. The van der Waals surface area contributed by atoms with Gasteiger partial charge in [0.25, 0.3) is 11.6 Å². The Labute approximate surface area is 151 Å². The third-order valence-electron chi connectivity index (χ3n) is 3.70. The lowest BCUT2D eigenvalue weighted by molar-refractivity contribution is -0.385. The number of carbonyl (C=O) groups excluding carboxylic acids is 1. The first-order valence-electron chi connectivity index (χ1n) is 7.77. The summed E-state index contributed by atoms with van der Waals surface area (Å²) >= 11 is 5.88. The third-order valence-corrected chi connectivity index (χ3v) is 3.94. The summed E-state index contributed by atoms with van der Waals surface area (Å²) in [6, 6.07) is 11.6. The van der Waals surface area contributed by atoms with E-state index in [1.807, 2.05) is 6.07 Å². The van der Waals surface area contributed by atoms with E-state index in [2.05, 4.69) is 0 Å². The van der Waals surface area contributed by atoms with Gasteiger partial charge in [-0.25, -0.2) is 0 Å². The van der Waals surface area contributed by atoms with Crippen molar-refractivity contribution in [3.05, 3.63) is 68.7 Å². The largest absolute Gasteiger partial charge is 0.493 e. The van der Waals surface area contributed by atoms with Crippen molar-refractivity contribution in [2.45, 2.75) is 13.3 Å². The summed E-state index contributed by atoms with van der Waals surface area (Å²) in [6.45, 7) is 2.55. The van der Waals surface area contributed by atoms with Crippen LogP contribution in [-0.4, -0.2) is 35.9 Å². The standard InChI is InChI=1S/C18H19ClN2O4/c1-13-7-8-14(11-17(13)21(23)24)18(22)20(2)9-4-10-25-16-6-3-5-15(19)12-16/h3,5-8,11-12H,4,9-10H2,1-2H3. The van der Waals surface area contributed by atoms with E-state index in [4.69, 9.17) is 16.3 Å². The van der Waals surface area contributed by atoms with Crippen molar-refractivity contribution < 1.29 is 14.5 Å². The van der Waals surface area contributed by atoms with Crippen LogP contribution >= 0.6 is 11.6 Å². The van der Waals surface area contributed by atoms with Crippen molar-refractivity contribution in [2.75, 3.05) is 20.2 Å². The number of hydrogen-bond donors (Lipinski definition) is 0. The Morgan fingerprint density at radius 3 is 2.72 bits per heavy atom. The number of hydrogen-bond acceptors (Lipinski definition) is 4. The molecular formula is C18H19ClN2O4. The Morgan fingerprint density at radius 2 is 2.04 bits per heavy atom. The van der Waals surface area contributed by atoms with E-state index in [0.29, 0.717) is 41.5 Å². The van der Waals surface area contributed by atoms with E-state index in [1.165, 1.54) is 11.0 Å². The molecule has 2 rings (SSSR count). The SMILES string of the molecule is Cc1ccc(C(=O)N(C)CCCOc2cccc(Cl)c2)cc1[N+](=O)[O-]. The van der Waals surface area contributed by atoms with E-state index in [0.717, 1.165) is 0 Å². The van der Waals surface area contributed by atoms with Gasteiger partial charge < -0.3 is 9.64 Å². The minimum Gasteiger partial charge on any atom is -0.493 e. The number of ether oxygens (including phenoxy) is 1. The van der Waals surface area contributed by atoms with Gasteiger partial charge in [0.1, 0.15) is 5.75 Å².